The maximum atomic E-state index is 12.4. The second kappa shape index (κ2) is 9.20. The van der Waals surface area contributed by atoms with Crippen molar-refractivity contribution in [1.29, 1.82) is 0 Å². The fourth-order valence-electron chi connectivity index (χ4n) is 2.89. The third kappa shape index (κ3) is 5.46. The number of likely N-dealkylation sites (N-methyl/N-ethyl adjacent to an activating group) is 1. The van der Waals surface area contributed by atoms with Crippen molar-refractivity contribution in [2.24, 2.45) is 0 Å². The number of fused-ring (bicyclic) bond motifs is 1. The van der Waals surface area contributed by atoms with Gasteiger partial charge in [-0.25, -0.2) is 0 Å². The Hall–Kier alpha value is -2.60. The number of methoxy groups -OCH3 is 1. The summed E-state index contributed by atoms with van der Waals surface area (Å²) in [5, 5.41) is 11.1. The minimum atomic E-state index is -0.918. The minimum Gasteiger partial charge on any atom is -0.497 e. The molecule has 2 aromatic carbocycles. The normalized spacial score (nSPS) is 10.9. The average Bonchev–Trinajstić information content (AvgIpc) is 2.60. The van der Waals surface area contributed by atoms with Gasteiger partial charge in [0.05, 0.1) is 20.2 Å². The van der Waals surface area contributed by atoms with Gasteiger partial charge < -0.3 is 14.7 Å². The highest BCUT2D eigenvalue weighted by molar-refractivity contribution is 5.85. The Morgan fingerprint density at radius 2 is 1.77 bits per heavy atom. The molecule has 1 N–H and O–H groups in total. The molecule has 0 unspecified atom stereocenters. The first-order chi connectivity index (χ1) is 12.4. The lowest BCUT2D eigenvalue weighted by Gasteiger charge is -2.23. The average molecular weight is 358 g/mol. The van der Waals surface area contributed by atoms with Crippen LogP contribution in [0.15, 0.2) is 36.4 Å². The van der Waals surface area contributed by atoms with Crippen molar-refractivity contribution in [1.82, 2.24) is 9.80 Å². The first kappa shape index (κ1) is 19.7. The zero-order valence-corrected chi connectivity index (χ0v) is 15.6. The molecular formula is C20H26N2O4. The van der Waals surface area contributed by atoms with E-state index in [2.05, 4.69) is 6.07 Å². The number of aliphatic carboxylic acids is 1. The molecule has 0 atom stereocenters. The lowest BCUT2D eigenvalue weighted by Crippen LogP contribution is -2.40. The van der Waals surface area contributed by atoms with Gasteiger partial charge in [0.1, 0.15) is 5.75 Å². The number of hydrogen-bond donors (Lipinski definition) is 1. The maximum Gasteiger partial charge on any atom is 0.317 e. The summed E-state index contributed by atoms with van der Waals surface area (Å²) in [5.74, 6) is -0.194. The number of carbonyl (C=O) groups excluding carboxylic acids is 1. The number of benzene rings is 2. The number of hydrogen-bond acceptors (Lipinski definition) is 4. The van der Waals surface area contributed by atoms with E-state index in [4.69, 9.17) is 9.84 Å². The Morgan fingerprint density at radius 1 is 1.08 bits per heavy atom. The van der Waals surface area contributed by atoms with Crippen molar-refractivity contribution < 1.29 is 19.4 Å². The topological polar surface area (TPSA) is 70.1 Å². The van der Waals surface area contributed by atoms with Gasteiger partial charge in [0.2, 0.25) is 5.91 Å². The van der Waals surface area contributed by atoms with E-state index < -0.39 is 5.97 Å². The summed E-state index contributed by atoms with van der Waals surface area (Å²) in [4.78, 5) is 26.7. The van der Waals surface area contributed by atoms with Crippen LogP contribution in [0.5, 0.6) is 5.75 Å². The minimum absolute atomic E-state index is 0.0884. The molecule has 0 saturated carbocycles. The Labute approximate surface area is 154 Å². The molecule has 0 aliphatic carbocycles. The van der Waals surface area contributed by atoms with Crippen LogP contribution < -0.4 is 4.74 Å². The molecule has 6 nitrogen and oxygen atoms in total. The van der Waals surface area contributed by atoms with E-state index in [1.165, 1.54) is 0 Å². The van der Waals surface area contributed by atoms with Gasteiger partial charge in [0, 0.05) is 13.6 Å². The van der Waals surface area contributed by atoms with Gasteiger partial charge in [-0.2, -0.15) is 0 Å². The number of nitrogens with zero attached hydrogens (tertiary/aromatic N) is 2. The molecule has 0 radical (unpaired) electrons. The van der Waals surface area contributed by atoms with Crippen LogP contribution in [0.3, 0.4) is 0 Å². The molecule has 0 heterocycles. The number of amides is 1. The fraction of sp³-hybridized carbons (Fsp3) is 0.400. The highest BCUT2D eigenvalue weighted by atomic mass is 16.5. The molecule has 0 saturated heterocycles. The molecule has 0 aromatic heterocycles. The molecule has 2 aromatic rings. The molecule has 0 fully saturated rings. The zero-order chi connectivity index (χ0) is 19.1. The largest absolute Gasteiger partial charge is 0.497 e. The van der Waals surface area contributed by atoms with Gasteiger partial charge in [0.15, 0.2) is 0 Å². The summed E-state index contributed by atoms with van der Waals surface area (Å²) in [5.41, 5.74) is 1.03. The Balaban J connectivity index is 2.03. The van der Waals surface area contributed by atoms with Crippen LogP contribution in [0.4, 0.5) is 0 Å². The molecule has 2 rings (SSSR count). The number of rotatable bonds is 9. The fourth-order valence-corrected chi connectivity index (χ4v) is 2.89. The second-order valence-electron chi connectivity index (χ2n) is 6.40. The lowest BCUT2D eigenvalue weighted by molar-refractivity contribution is -0.139. The number of carboxylic acid groups (broad SMARTS) is 1. The van der Waals surface area contributed by atoms with E-state index in [1.807, 2.05) is 37.3 Å². The monoisotopic (exact) mass is 358 g/mol. The first-order valence-electron chi connectivity index (χ1n) is 8.67. The Bertz CT molecular complexity index is 775. The van der Waals surface area contributed by atoms with Crippen LogP contribution in [0, 0.1) is 0 Å². The lowest BCUT2D eigenvalue weighted by atomic mass is 10.1. The third-order valence-electron chi connectivity index (χ3n) is 4.21. The summed E-state index contributed by atoms with van der Waals surface area (Å²) in [6, 6.07) is 11.9. The Kier molecular flexibility index (Phi) is 6.97. The van der Waals surface area contributed by atoms with E-state index in [0.717, 1.165) is 28.5 Å². The quantitative estimate of drug-likeness (QED) is 0.746. The summed E-state index contributed by atoms with van der Waals surface area (Å²) in [6.45, 7) is 3.03. The third-order valence-corrected chi connectivity index (χ3v) is 4.21. The van der Waals surface area contributed by atoms with Gasteiger partial charge in [0.25, 0.3) is 0 Å². The van der Waals surface area contributed by atoms with E-state index >= 15 is 0 Å². The van der Waals surface area contributed by atoms with Crippen LogP contribution in [0.2, 0.25) is 0 Å². The van der Waals surface area contributed by atoms with Gasteiger partial charge >= 0.3 is 5.97 Å². The predicted octanol–water partition coefficient (Wildman–Crippen LogP) is 2.60. The molecule has 140 valence electrons. The van der Waals surface area contributed by atoms with Crippen LogP contribution in [-0.4, -0.2) is 60.6 Å². The SMILES string of the molecule is CCCN(CC(=O)O)CC(=O)N(C)Cc1ccc2cc(OC)ccc2c1. The molecule has 0 bridgehead atoms. The van der Waals surface area contributed by atoms with Crippen molar-refractivity contribution in [2.75, 3.05) is 33.8 Å². The smallest absolute Gasteiger partial charge is 0.317 e. The highest BCUT2D eigenvalue weighted by Gasteiger charge is 2.16. The van der Waals surface area contributed by atoms with E-state index in [1.54, 1.807) is 24.0 Å². The van der Waals surface area contributed by atoms with Gasteiger partial charge in [-0.05, 0) is 47.5 Å². The van der Waals surface area contributed by atoms with Crippen molar-refractivity contribution >= 4 is 22.6 Å². The summed E-state index contributed by atoms with van der Waals surface area (Å²) in [7, 11) is 3.38. The van der Waals surface area contributed by atoms with Crippen molar-refractivity contribution in [3.05, 3.63) is 42.0 Å². The maximum absolute atomic E-state index is 12.4. The summed E-state index contributed by atoms with van der Waals surface area (Å²) in [6.07, 6.45) is 0.804. The van der Waals surface area contributed by atoms with Gasteiger partial charge in [-0.1, -0.05) is 25.1 Å². The van der Waals surface area contributed by atoms with Crippen LogP contribution in [0.1, 0.15) is 18.9 Å². The number of carboxylic acids is 1. The van der Waals surface area contributed by atoms with Crippen LogP contribution >= 0.6 is 0 Å². The van der Waals surface area contributed by atoms with E-state index in [0.29, 0.717) is 13.1 Å². The molecule has 6 heteroatoms. The molecule has 0 aliphatic heterocycles. The van der Waals surface area contributed by atoms with Crippen LogP contribution in [-0.2, 0) is 16.1 Å². The summed E-state index contributed by atoms with van der Waals surface area (Å²) >= 11 is 0. The molecule has 0 spiro atoms. The van der Waals surface area contributed by atoms with Crippen molar-refractivity contribution in [3.8, 4) is 5.75 Å². The number of ether oxygens (including phenoxy) is 1. The second-order valence-corrected chi connectivity index (χ2v) is 6.40. The highest BCUT2D eigenvalue weighted by Crippen LogP contribution is 2.22. The van der Waals surface area contributed by atoms with Crippen LogP contribution in [0.25, 0.3) is 10.8 Å². The predicted molar refractivity (Wildman–Crippen MR) is 101 cm³/mol. The summed E-state index contributed by atoms with van der Waals surface area (Å²) < 4.78 is 5.23. The molecular weight excluding hydrogens is 332 g/mol. The molecule has 1 amide bonds. The van der Waals surface area contributed by atoms with E-state index in [-0.39, 0.29) is 19.0 Å². The molecule has 0 aliphatic rings. The van der Waals surface area contributed by atoms with Gasteiger partial charge in [-0.3, -0.25) is 14.5 Å². The standard InChI is InChI=1S/C20H26N2O4/c1-4-9-22(14-20(24)25)13-19(23)21(2)12-15-5-6-17-11-18(26-3)8-7-16(17)10-15/h5-8,10-11H,4,9,12-14H2,1-3H3,(H,24,25). The van der Waals surface area contributed by atoms with Crippen molar-refractivity contribution in [2.45, 2.75) is 19.9 Å². The molecule has 26 heavy (non-hydrogen) atoms. The van der Waals surface area contributed by atoms with Gasteiger partial charge in [-0.15, -0.1) is 0 Å². The first-order valence-corrected chi connectivity index (χ1v) is 8.67. The van der Waals surface area contributed by atoms with Crippen molar-refractivity contribution in [3.63, 3.8) is 0 Å². The zero-order valence-electron chi connectivity index (χ0n) is 15.6. The van der Waals surface area contributed by atoms with E-state index in [9.17, 15) is 9.59 Å². The number of carbonyl (C=O) groups is 2. The Morgan fingerprint density at radius 3 is 2.42 bits per heavy atom.